The number of fused-ring (bicyclic) bond motifs is 4. The Hall–Kier alpha value is -1.65. The van der Waals surface area contributed by atoms with Gasteiger partial charge >= 0.3 is 16.4 Å². The topological polar surface area (TPSA) is 113 Å². The van der Waals surface area contributed by atoms with Gasteiger partial charge in [-0.2, -0.15) is 13.5 Å². The Balaban J connectivity index is 2.01. The fraction of sp³-hybridized carbons (Fsp3) is 0.500. The van der Waals surface area contributed by atoms with E-state index in [-0.39, 0.29) is 13.1 Å². The molecular formula is C8H9N3O6S. The van der Waals surface area contributed by atoms with Gasteiger partial charge in [-0.1, -0.05) is 0 Å². The highest BCUT2D eigenvalue weighted by Gasteiger charge is 2.48. The lowest BCUT2D eigenvalue weighted by molar-refractivity contribution is -0.0327. The van der Waals surface area contributed by atoms with E-state index < -0.39 is 22.5 Å². The first-order valence-electron chi connectivity index (χ1n) is 5.06. The van der Waals surface area contributed by atoms with Crippen LogP contribution in [0.15, 0.2) is 4.42 Å². The summed E-state index contributed by atoms with van der Waals surface area (Å²) in [6.45, 7) is 2.10. The van der Waals surface area contributed by atoms with Crippen LogP contribution in [0.4, 0.5) is 4.79 Å². The van der Waals surface area contributed by atoms with Crippen molar-refractivity contribution in [1.82, 2.24) is 14.9 Å². The molecule has 98 valence electrons. The van der Waals surface area contributed by atoms with Gasteiger partial charge in [-0.25, -0.2) is 9.78 Å². The van der Waals surface area contributed by atoms with Crippen LogP contribution < -0.4 is 0 Å². The van der Waals surface area contributed by atoms with Crippen molar-refractivity contribution in [2.75, 3.05) is 6.54 Å². The first-order valence-corrected chi connectivity index (χ1v) is 6.43. The predicted octanol–water partition coefficient (Wildman–Crippen LogP) is 0.00972. The number of amides is 2. The molecule has 0 aromatic carbocycles. The van der Waals surface area contributed by atoms with Crippen LogP contribution in [0.3, 0.4) is 0 Å². The van der Waals surface area contributed by atoms with Crippen molar-refractivity contribution in [3.8, 4) is 0 Å². The Bertz CT molecular complexity index is 623. The molecule has 2 amide bonds. The van der Waals surface area contributed by atoms with Crippen molar-refractivity contribution in [3.05, 3.63) is 17.3 Å². The molecule has 1 fully saturated rings. The average Bonchev–Trinajstić information content (AvgIpc) is 2.71. The second kappa shape index (κ2) is 3.43. The molecule has 1 N–H and O–H groups in total. The summed E-state index contributed by atoms with van der Waals surface area (Å²) >= 11 is 0. The third kappa shape index (κ3) is 1.65. The fourth-order valence-corrected chi connectivity index (χ4v) is 2.55. The third-order valence-corrected chi connectivity index (χ3v) is 3.14. The number of hydrogen-bond donors (Lipinski definition) is 1. The van der Waals surface area contributed by atoms with E-state index in [1.54, 1.807) is 6.92 Å². The summed E-state index contributed by atoms with van der Waals surface area (Å²) in [5, 5.41) is 0.600. The van der Waals surface area contributed by atoms with E-state index in [0.29, 0.717) is 22.4 Å². The summed E-state index contributed by atoms with van der Waals surface area (Å²) in [6, 6.07) is -1.34. The fourth-order valence-electron chi connectivity index (χ4n) is 2.18. The van der Waals surface area contributed by atoms with Crippen LogP contribution >= 0.6 is 0 Å². The van der Waals surface area contributed by atoms with Crippen molar-refractivity contribution < 1.29 is 26.5 Å². The van der Waals surface area contributed by atoms with E-state index in [1.165, 1.54) is 4.90 Å². The molecule has 1 atom stereocenters. The maximum atomic E-state index is 11.8. The lowest BCUT2D eigenvalue weighted by Crippen LogP contribution is -2.32. The molecule has 0 aliphatic carbocycles. The molecule has 2 aliphatic heterocycles. The SMILES string of the molecule is Cc1nc2c(o1)CN1CC2N(OS(=O)(=O)O)C1=O. The van der Waals surface area contributed by atoms with Gasteiger partial charge in [0.2, 0.25) is 0 Å². The van der Waals surface area contributed by atoms with Crippen molar-refractivity contribution >= 4 is 16.4 Å². The summed E-state index contributed by atoms with van der Waals surface area (Å²) in [5.41, 5.74) is 0.457. The molecule has 0 radical (unpaired) electrons. The molecule has 10 heteroatoms. The lowest BCUT2D eigenvalue weighted by atomic mass is 10.1. The molecule has 1 aromatic heterocycles. The number of rotatable bonds is 2. The Morgan fingerprint density at radius 3 is 2.94 bits per heavy atom. The number of carbonyl (C=O) groups excluding carboxylic acids is 1. The molecule has 1 unspecified atom stereocenters. The number of carbonyl (C=O) groups is 1. The number of urea groups is 1. The maximum absolute atomic E-state index is 11.8. The van der Waals surface area contributed by atoms with Gasteiger partial charge in [0.05, 0.1) is 13.1 Å². The van der Waals surface area contributed by atoms with Crippen LogP contribution in [-0.4, -0.2) is 40.5 Å². The van der Waals surface area contributed by atoms with Gasteiger partial charge in [0.1, 0.15) is 17.5 Å². The number of hydrogen-bond acceptors (Lipinski definition) is 6. The molecule has 9 nitrogen and oxygen atoms in total. The number of oxazole rings is 1. The van der Waals surface area contributed by atoms with Crippen LogP contribution in [0.1, 0.15) is 23.4 Å². The first-order chi connectivity index (χ1) is 8.35. The van der Waals surface area contributed by atoms with Gasteiger partial charge in [-0.05, 0) is 0 Å². The van der Waals surface area contributed by atoms with Crippen molar-refractivity contribution in [2.24, 2.45) is 0 Å². The van der Waals surface area contributed by atoms with Crippen molar-refractivity contribution in [2.45, 2.75) is 19.5 Å². The largest absolute Gasteiger partial charge is 0.444 e. The zero-order chi connectivity index (χ0) is 13.1. The van der Waals surface area contributed by atoms with E-state index in [4.69, 9.17) is 8.97 Å². The highest BCUT2D eigenvalue weighted by Crippen LogP contribution is 2.37. The standard InChI is InChI=1S/C8H9N3O6S/c1-4-9-7-5-2-10(3-6(7)16-4)8(12)11(5)17-18(13,14)15/h5H,2-3H2,1H3,(H,13,14,15). The average molecular weight is 275 g/mol. The minimum absolute atomic E-state index is 0.205. The number of aryl methyl sites for hydroxylation is 1. The van der Waals surface area contributed by atoms with Gasteiger partial charge in [0.25, 0.3) is 0 Å². The third-order valence-electron chi connectivity index (χ3n) is 2.79. The highest BCUT2D eigenvalue weighted by atomic mass is 32.3. The second-order valence-electron chi connectivity index (χ2n) is 4.05. The molecule has 2 aliphatic rings. The zero-order valence-corrected chi connectivity index (χ0v) is 10.0. The van der Waals surface area contributed by atoms with E-state index in [2.05, 4.69) is 9.27 Å². The zero-order valence-electron chi connectivity index (χ0n) is 9.23. The minimum atomic E-state index is -4.75. The summed E-state index contributed by atoms with van der Waals surface area (Å²) in [5.74, 6) is 0.923. The van der Waals surface area contributed by atoms with Crippen LogP contribution in [0.2, 0.25) is 0 Å². The quantitative estimate of drug-likeness (QED) is 0.756. The van der Waals surface area contributed by atoms with Crippen molar-refractivity contribution in [1.29, 1.82) is 0 Å². The van der Waals surface area contributed by atoms with Gasteiger partial charge < -0.3 is 9.32 Å². The Morgan fingerprint density at radius 1 is 1.56 bits per heavy atom. The molecule has 1 saturated heterocycles. The molecular weight excluding hydrogens is 266 g/mol. The molecule has 0 saturated carbocycles. The normalized spacial score (nSPS) is 22.6. The van der Waals surface area contributed by atoms with E-state index in [0.717, 1.165) is 0 Å². The highest BCUT2D eigenvalue weighted by molar-refractivity contribution is 7.80. The first kappa shape index (κ1) is 11.4. The molecule has 3 heterocycles. The smallest absolute Gasteiger partial charge is 0.418 e. The number of nitrogens with zero attached hydrogens (tertiary/aromatic N) is 3. The monoisotopic (exact) mass is 275 g/mol. The van der Waals surface area contributed by atoms with Crippen LogP contribution in [-0.2, 0) is 21.2 Å². The van der Waals surface area contributed by atoms with Gasteiger partial charge in [-0.3, -0.25) is 4.55 Å². The molecule has 2 bridgehead atoms. The maximum Gasteiger partial charge on any atom is 0.418 e. The number of hydroxylamine groups is 2. The summed E-state index contributed by atoms with van der Waals surface area (Å²) in [7, 11) is -4.75. The minimum Gasteiger partial charge on any atom is -0.444 e. The molecule has 18 heavy (non-hydrogen) atoms. The number of aromatic nitrogens is 1. The Morgan fingerprint density at radius 2 is 2.28 bits per heavy atom. The Labute approximate surface area is 102 Å². The van der Waals surface area contributed by atoms with E-state index >= 15 is 0 Å². The molecule has 3 rings (SSSR count). The van der Waals surface area contributed by atoms with Crippen LogP contribution in [0.5, 0.6) is 0 Å². The van der Waals surface area contributed by atoms with E-state index in [9.17, 15) is 13.2 Å². The van der Waals surface area contributed by atoms with Crippen molar-refractivity contribution in [3.63, 3.8) is 0 Å². The predicted molar refractivity (Wildman–Crippen MR) is 54.3 cm³/mol. The van der Waals surface area contributed by atoms with Gasteiger partial charge in [0.15, 0.2) is 5.89 Å². The molecule has 1 aromatic rings. The molecule has 0 spiro atoms. The van der Waals surface area contributed by atoms with Gasteiger partial charge in [-0.15, -0.1) is 4.28 Å². The summed E-state index contributed by atoms with van der Waals surface area (Å²) < 4.78 is 39.7. The second-order valence-corrected chi connectivity index (χ2v) is 5.05. The lowest BCUT2D eigenvalue weighted by Gasteiger charge is -2.18. The summed E-state index contributed by atoms with van der Waals surface area (Å²) in [6.07, 6.45) is 0. The summed E-state index contributed by atoms with van der Waals surface area (Å²) in [4.78, 5) is 17.2. The van der Waals surface area contributed by atoms with Crippen LogP contribution in [0, 0.1) is 6.92 Å². The van der Waals surface area contributed by atoms with Gasteiger partial charge in [0, 0.05) is 6.92 Å². The Kier molecular flexibility index (Phi) is 2.18. The van der Waals surface area contributed by atoms with E-state index in [1.807, 2.05) is 0 Å². The van der Waals surface area contributed by atoms with Crippen LogP contribution in [0.25, 0.3) is 0 Å².